The van der Waals surface area contributed by atoms with Crippen molar-refractivity contribution in [2.24, 2.45) is 0 Å². The maximum Gasteiger partial charge on any atom is 0.240 e. The molecular weight excluding hydrogens is 212 g/mol. The van der Waals surface area contributed by atoms with E-state index in [-0.39, 0.29) is 5.91 Å². The molecule has 0 aliphatic carbocycles. The molecule has 86 valence electrons. The highest BCUT2D eigenvalue weighted by atomic mass is 19.3. The minimum Gasteiger partial charge on any atom is -0.314 e. The lowest BCUT2D eigenvalue weighted by Crippen LogP contribution is -2.37. The average Bonchev–Trinajstić information content (AvgIpc) is 2.42. The number of carbonyl (C=O) groups excluding carboxylic acids is 1. The molecule has 0 saturated heterocycles. The Balaban J connectivity index is 2.52. The summed E-state index contributed by atoms with van der Waals surface area (Å²) in [6.45, 7) is 1.59. The second-order valence-electron chi connectivity index (χ2n) is 4.31. The van der Waals surface area contributed by atoms with Gasteiger partial charge in [0.1, 0.15) is 0 Å². The predicted octanol–water partition coefficient (Wildman–Crippen LogP) is 2.58. The molecule has 0 spiro atoms. The van der Waals surface area contributed by atoms with E-state index in [1.807, 2.05) is 0 Å². The summed E-state index contributed by atoms with van der Waals surface area (Å²) in [6, 6.07) is 7.11. The molecule has 1 aliphatic heterocycles. The number of nitrogens with zero attached hydrogens (tertiary/aromatic N) is 1. The van der Waals surface area contributed by atoms with Crippen molar-refractivity contribution in [3.8, 4) is 0 Å². The Bertz CT molecular complexity index is 433. The van der Waals surface area contributed by atoms with Crippen LogP contribution in [0, 0.1) is 0 Å². The van der Waals surface area contributed by atoms with Gasteiger partial charge in [0, 0.05) is 19.2 Å². The molecule has 1 heterocycles. The van der Waals surface area contributed by atoms with Crippen LogP contribution >= 0.6 is 0 Å². The Hall–Kier alpha value is -1.45. The zero-order chi connectivity index (χ0) is 11.9. The second kappa shape index (κ2) is 3.54. The number of hydrogen-bond donors (Lipinski definition) is 0. The molecule has 0 unspecified atom stereocenters. The van der Waals surface area contributed by atoms with Crippen LogP contribution in [0.15, 0.2) is 24.3 Å². The molecule has 1 aromatic rings. The summed E-state index contributed by atoms with van der Waals surface area (Å²) in [7, 11) is 1.62. The number of benzene rings is 1. The number of carbonyl (C=O) groups is 1. The van der Waals surface area contributed by atoms with E-state index in [0.717, 1.165) is 5.69 Å². The summed E-state index contributed by atoms with van der Waals surface area (Å²) < 4.78 is 25.1. The van der Waals surface area contributed by atoms with E-state index in [0.29, 0.717) is 5.56 Å². The molecule has 4 heteroatoms. The van der Waals surface area contributed by atoms with E-state index in [1.54, 1.807) is 38.2 Å². The van der Waals surface area contributed by atoms with Crippen LogP contribution in [0.3, 0.4) is 0 Å². The molecule has 0 bridgehead atoms. The van der Waals surface area contributed by atoms with Crippen LogP contribution in [0.2, 0.25) is 0 Å². The van der Waals surface area contributed by atoms with Gasteiger partial charge in [-0.25, -0.2) is 8.78 Å². The van der Waals surface area contributed by atoms with Gasteiger partial charge in [-0.3, -0.25) is 4.79 Å². The second-order valence-corrected chi connectivity index (χ2v) is 4.31. The standard InChI is InChI=1S/C12H13F2NO/c1-12(7-10(13)14)8-5-3-4-6-9(8)15(2)11(12)16/h3-6,10H,7H2,1-2H3/t12-/m1/s1. The summed E-state index contributed by atoms with van der Waals surface area (Å²) in [6.07, 6.45) is -2.90. The lowest BCUT2D eigenvalue weighted by Gasteiger charge is -2.22. The molecule has 16 heavy (non-hydrogen) atoms. The number of para-hydroxylation sites is 1. The number of anilines is 1. The minimum absolute atomic E-state index is 0.256. The monoisotopic (exact) mass is 225 g/mol. The van der Waals surface area contributed by atoms with Crippen molar-refractivity contribution in [3.63, 3.8) is 0 Å². The molecule has 0 saturated carbocycles. The largest absolute Gasteiger partial charge is 0.314 e. The average molecular weight is 225 g/mol. The van der Waals surface area contributed by atoms with Crippen molar-refractivity contribution in [2.75, 3.05) is 11.9 Å². The molecule has 1 amide bonds. The van der Waals surface area contributed by atoms with Crippen LogP contribution in [0.4, 0.5) is 14.5 Å². The molecule has 0 aromatic heterocycles. The smallest absolute Gasteiger partial charge is 0.240 e. The van der Waals surface area contributed by atoms with E-state index in [1.165, 1.54) is 4.90 Å². The first-order chi connectivity index (χ1) is 7.47. The van der Waals surface area contributed by atoms with E-state index < -0.39 is 18.3 Å². The lowest BCUT2D eigenvalue weighted by molar-refractivity contribution is -0.123. The highest BCUT2D eigenvalue weighted by molar-refractivity contribution is 6.07. The summed E-state index contributed by atoms with van der Waals surface area (Å²) in [4.78, 5) is 13.5. The van der Waals surface area contributed by atoms with Gasteiger partial charge in [0.05, 0.1) is 5.41 Å². The Morgan fingerprint density at radius 3 is 2.62 bits per heavy atom. The molecule has 2 nitrogen and oxygen atoms in total. The fourth-order valence-corrected chi connectivity index (χ4v) is 2.33. The summed E-state index contributed by atoms with van der Waals surface area (Å²) in [5, 5.41) is 0. The highest BCUT2D eigenvalue weighted by Crippen LogP contribution is 2.43. The van der Waals surface area contributed by atoms with Gasteiger partial charge < -0.3 is 4.90 Å². The first kappa shape index (κ1) is 11.0. The van der Waals surface area contributed by atoms with Gasteiger partial charge in [0.2, 0.25) is 12.3 Å². The number of hydrogen-bond acceptors (Lipinski definition) is 1. The van der Waals surface area contributed by atoms with Crippen molar-refractivity contribution in [3.05, 3.63) is 29.8 Å². The third-order valence-electron chi connectivity index (χ3n) is 3.20. The molecule has 1 atom stereocenters. The van der Waals surface area contributed by atoms with E-state index in [9.17, 15) is 13.6 Å². The number of rotatable bonds is 2. The predicted molar refractivity (Wildman–Crippen MR) is 57.8 cm³/mol. The molecule has 1 aromatic carbocycles. The maximum atomic E-state index is 12.6. The minimum atomic E-state index is -2.48. The van der Waals surface area contributed by atoms with Gasteiger partial charge in [-0.1, -0.05) is 18.2 Å². The van der Waals surface area contributed by atoms with E-state index in [4.69, 9.17) is 0 Å². The number of amides is 1. The Kier molecular flexibility index (Phi) is 2.45. The van der Waals surface area contributed by atoms with E-state index in [2.05, 4.69) is 0 Å². The summed E-state index contributed by atoms with van der Waals surface area (Å²) in [5.74, 6) is -0.256. The number of likely N-dealkylation sites (N-methyl/N-ethyl adjacent to an activating group) is 1. The molecule has 0 fully saturated rings. The Labute approximate surface area is 92.9 Å². The van der Waals surface area contributed by atoms with Crippen molar-refractivity contribution >= 4 is 11.6 Å². The number of halogens is 2. The maximum absolute atomic E-state index is 12.6. The fourth-order valence-electron chi connectivity index (χ4n) is 2.33. The zero-order valence-electron chi connectivity index (χ0n) is 9.21. The summed E-state index contributed by atoms with van der Waals surface area (Å²) >= 11 is 0. The molecule has 0 N–H and O–H groups in total. The van der Waals surface area contributed by atoms with Gasteiger partial charge in [-0.05, 0) is 18.6 Å². The number of alkyl halides is 2. The van der Waals surface area contributed by atoms with Crippen molar-refractivity contribution in [1.29, 1.82) is 0 Å². The highest BCUT2D eigenvalue weighted by Gasteiger charge is 2.47. The first-order valence-corrected chi connectivity index (χ1v) is 5.12. The van der Waals surface area contributed by atoms with Crippen LogP contribution in [-0.4, -0.2) is 19.4 Å². The molecule has 0 radical (unpaired) electrons. The van der Waals surface area contributed by atoms with Crippen LogP contribution in [0.1, 0.15) is 18.9 Å². The van der Waals surface area contributed by atoms with Crippen molar-refractivity contribution in [1.82, 2.24) is 0 Å². The lowest BCUT2D eigenvalue weighted by atomic mass is 9.81. The topological polar surface area (TPSA) is 20.3 Å². The number of fused-ring (bicyclic) bond motifs is 1. The van der Waals surface area contributed by atoms with Crippen LogP contribution < -0.4 is 4.90 Å². The van der Waals surface area contributed by atoms with Gasteiger partial charge in [0.15, 0.2) is 0 Å². The third-order valence-corrected chi connectivity index (χ3v) is 3.20. The fraction of sp³-hybridized carbons (Fsp3) is 0.417. The SMILES string of the molecule is CN1C(=O)[C@](C)(CC(F)F)c2ccccc21. The van der Waals surface area contributed by atoms with Gasteiger partial charge in [0.25, 0.3) is 0 Å². The normalized spacial score (nSPS) is 24.1. The first-order valence-electron chi connectivity index (χ1n) is 5.12. The molecule has 1 aliphatic rings. The molecular formula is C12H13F2NO. The van der Waals surface area contributed by atoms with Crippen LogP contribution in [-0.2, 0) is 10.2 Å². The summed E-state index contributed by atoms with van der Waals surface area (Å²) in [5.41, 5.74) is 0.345. The van der Waals surface area contributed by atoms with Crippen LogP contribution in [0.25, 0.3) is 0 Å². The zero-order valence-corrected chi connectivity index (χ0v) is 9.21. The van der Waals surface area contributed by atoms with Crippen LogP contribution in [0.5, 0.6) is 0 Å². The Morgan fingerprint density at radius 2 is 2.00 bits per heavy atom. The van der Waals surface area contributed by atoms with E-state index >= 15 is 0 Å². The van der Waals surface area contributed by atoms with Gasteiger partial charge in [-0.15, -0.1) is 0 Å². The third kappa shape index (κ3) is 1.40. The van der Waals surface area contributed by atoms with Gasteiger partial charge in [-0.2, -0.15) is 0 Å². The van der Waals surface area contributed by atoms with Crippen molar-refractivity contribution < 1.29 is 13.6 Å². The quantitative estimate of drug-likeness (QED) is 0.757. The Morgan fingerprint density at radius 1 is 1.38 bits per heavy atom. The van der Waals surface area contributed by atoms with Crippen molar-refractivity contribution in [2.45, 2.75) is 25.2 Å². The molecule has 2 rings (SSSR count). The van der Waals surface area contributed by atoms with Gasteiger partial charge >= 0.3 is 0 Å².